The molecule has 2 aromatic carbocycles. The second kappa shape index (κ2) is 6.36. The summed E-state index contributed by atoms with van der Waals surface area (Å²) in [6, 6.07) is 10.9. The Balaban J connectivity index is 2.15. The molecule has 0 amide bonds. The fraction of sp³-hybridized carbons (Fsp3) is 0. The van der Waals surface area contributed by atoms with E-state index in [1.807, 2.05) is 0 Å². The lowest BCUT2D eigenvalue weighted by atomic mass is 10.2. The molecule has 0 aliphatic carbocycles. The molecule has 5 nitrogen and oxygen atoms in total. The Hall–Kier alpha value is -2.21. The molecular formula is C16H9Cl3N2O3. The first-order chi connectivity index (χ1) is 11.4. The lowest BCUT2D eigenvalue weighted by molar-refractivity contribution is 0.0947. The maximum Gasteiger partial charge on any atom is 0.342 e. The van der Waals surface area contributed by atoms with E-state index < -0.39 is 17.5 Å². The molecule has 8 heteroatoms. The first-order valence-electron chi connectivity index (χ1n) is 6.68. The normalized spacial score (nSPS) is 10.8. The molecular weight excluding hydrogens is 375 g/mol. The molecule has 0 saturated heterocycles. The summed E-state index contributed by atoms with van der Waals surface area (Å²) in [7, 11) is 0. The van der Waals surface area contributed by atoms with Crippen LogP contribution in [0.5, 0.6) is 5.88 Å². The molecule has 0 unspecified atom stereocenters. The van der Waals surface area contributed by atoms with Crippen LogP contribution in [0.1, 0.15) is 10.4 Å². The highest BCUT2D eigenvalue weighted by molar-refractivity contribution is 6.39. The second-order valence-corrected chi connectivity index (χ2v) is 6.10. The number of halogens is 3. The van der Waals surface area contributed by atoms with Crippen molar-refractivity contribution in [3.05, 3.63) is 79.8 Å². The Bertz CT molecular complexity index is 971. The van der Waals surface area contributed by atoms with E-state index in [0.29, 0.717) is 15.3 Å². The molecule has 0 spiro atoms. The van der Waals surface area contributed by atoms with Gasteiger partial charge in [0.05, 0.1) is 27.5 Å². The van der Waals surface area contributed by atoms with Gasteiger partial charge in [0.15, 0.2) is 0 Å². The van der Waals surface area contributed by atoms with Crippen molar-refractivity contribution in [1.29, 1.82) is 0 Å². The van der Waals surface area contributed by atoms with Crippen LogP contribution in [-0.2, 0) is 0 Å². The van der Waals surface area contributed by atoms with Crippen LogP contribution in [-0.4, -0.2) is 20.1 Å². The van der Waals surface area contributed by atoms with Gasteiger partial charge in [-0.3, -0.25) is 9.36 Å². The Morgan fingerprint density at radius 3 is 2.12 bits per heavy atom. The molecule has 0 fully saturated rings. The Morgan fingerprint density at radius 1 is 0.958 bits per heavy atom. The smallest absolute Gasteiger partial charge is 0.342 e. The van der Waals surface area contributed by atoms with Gasteiger partial charge in [0, 0.05) is 5.02 Å². The summed E-state index contributed by atoms with van der Waals surface area (Å²) >= 11 is 17.8. The van der Waals surface area contributed by atoms with Crippen molar-refractivity contribution in [1.82, 2.24) is 9.13 Å². The van der Waals surface area contributed by atoms with E-state index in [1.165, 1.54) is 12.1 Å². The molecule has 0 saturated carbocycles. The number of carbonyl (C=O) groups excluding carboxylic acids is 1. The van der Waals surface area contributed by atoms with E-state index >= 15 is 0 Å². The molecule has 1 aromatic heterocycles. The zero-order chi connectivity index (χ0) is 17.4. The van der Waals surface area contributed by atoms with E-state index in [2.05, 4.69) is 0 Å². The van der Waals surface area contributed by atoms with Gasteiger partial charge in [-0.2, -0.15) is 4.57 Å². The van der Waals surface area contributed by atoms with Crippen molar-refractivity contribution in [2.75, 3.05) is 0 Å². The van der Waals surface area contributed by atoms with Gasteiger partial charge >= 0.3 is 5.69 Å². The number of benzene rings is 2. The number of aromatic nitrogens is 2. The number of aromatic hydroxyl groups is 1. The van der Waals surface area contributed by atoms with E-state index in [9.17, 15) is 14.7 Å². The molecule has 24 heavy (non-hydrogen) atoms. The van der Waals surface area contributed by atoms with Crippen molar-refractivity contribution < 1.29 is 9.90 Å². The molecule has 3 aromatic rings. The minimum atomic E-state index is -0.819. The van der Waals surface area contributed by atoms with Gasteiger partial charge in [-0.25, -0.2) is 4.79 Å². The summed E-state index contributed by atoms with van der Waals surface area (Å²) in [6.45, 7) is 0. The third-order valence-electron chi connectivity index (χ3n) is 3.36. The van der Waals surface area contributed by atoms with Crippen molar-refractivity contribution in [3.8, 4) is 11.6 Å². The Morgan fingerprint density at radius 2 is 1.54 bits per heavy atom. The summed E-state index contributed by atoms with van der Waals surface area (Å²) in [6.07, 6.45) is 1.13. The molecule has 0 aliphatic heterocycles. The molecule has 3 rings (SSSR count). The van der Waals surface area contributed by atoms with Crippen molar-refractivity contribution in [2.45, 2.75) is 0 Å². The van der Waals surface area contributed by atoms with Gasteiger partial charge in [-0.15, -0.1) is 0 Å². The van der Waals surface area contributed by atoms with Crippen LogP contribution >= 0.6 is 34.8 Å². The zero-order valence-corrected chi connectivity index (χ0v) is 14.2. The van der Waals surface area contributed by atoms with Gasteiger partial charge in [-0.1, -0.05) is 40.9 Å². The van der Waals surface area contributed by atoms with Crippen LogP contribution in [0, 0.1) is 0 Å². The Kier molecular flexibility index (Phi) is 4.41. The fourth-order valence-corrected chi connectivity index (χ4v) is 2.91. The number of imidazole rings is 1. The summed E-state index contributed by atoms with van der Waals surface area (Å²) < 4.78 is 1.72. The summed E-state index contributed by atoms with van der Waals surface area (Å²) in [5.74, 6) is -1.35. The average molecular weight is 384 g/mol. The molecule has 1 heterocycles. The quantitative estimate of drug-likeness (QED) is 0.727. The van der Waals surface area contributed by atoms with Gasteiger partial charge in [0.2, 0.25) is 5.88 Å². The molecule has 0 bridgehead atoms. The van der Waals surface area contributed by atoms with Crippen LogP contribution in [0.3, 0.4) is 0 Å². The van der Waals surface area contributed by atoms with Gasteiger partial charge in [-0.05, 0) is 36.4 Å². The number of hydrogen-bond donors (Lipinski definition) is 1. The second-order valence-electron chi connectivity index (χ2n) is 4.85. The van der Waals surface area contributed by atoms with Crippen LogP contribution < -0.4 is 5.69 Å². The highest BCUT2D eigenvalue weighted by Gasteiger charge is 2.23. The van der Waals surface area contributed by atoms with Crippen LogP contribution in [0.15, 0.2) is 53.5 Å². The predicted octanol–water partition coefficient (Wildman–Crippen LogP) is 3.99. The summed E-state index contributed by atoms with van der Waals surface area (Å²) in [4.78, 5) is 25.2. The average Bonchev–Trinajstić information content (AvgIpc) is 2.82. The van der Waals surface area contributed by atoms with Crippen molar-refractivity contribution >= 4 is 40.7 Å². The lowest BCUT2D eigenvalue weighted by Gasteiger charge is -2.06. The highest BCUT2D eigenvalue weighted by atomic mass is 35.5. The van der Waals surface area contributed by atoms with Crippen molar-refractivity contribution in [3.63, 3.8) is 0 Å². The summed E-state index contributed by atoms with van der Waals surface area (Å²) in [5, 5.41) is 10.7. The number of nitrogens with zero attached hydrogens (tertiary/aromatic N) is 2. The SMILES string of the molecule is O=C(c1c(Cl)cccc1Cl)n1c(O)cn(-c2ccc(Cl)cc2)c1=O. The molecule has 122 valence electrons. The van der Waals surface area contributed by atoms with E-state index in [0.717, 1.165) is 10.8 Å². The van der Waals surface area contributed by atoms with Gasteiger partial charge < -0.3 is 5.11 Å². The summed E-state index contributed by atoms with van der Waals surface area (Å²) in [5.41, 5.74) is -0.376. The largest absolute Gasteiger partial charge is 0.493 e. The standard InChI is InChI=1S/C16H9Cl3N2O3/c17-9-4-6-10(7-5-9)20-8-13(22)21(16(20)24)15(23)14-11(18)2-1-3-12(14)19/h1-8,22H. The Labute approximate surface area is 151 Å². The highest BCUT2D eigenvalue weighted by Crippen LogP contribution is 2.26. The third-order valence-corrected chi connectivity index (χ3v) is 4.24. The lowest BCUT2D eigenvalue weighted by Crippen LogP contribution is -2.29. The minimum absolute atomic E-state index is 0.0629. The number of hydrogen-bond acceptors (Lipinski definition) is 3. The topological polar surface area (TPSA) is 64.2 Å². The van der Waals surface area contributed by atoms with Crippen LogP contribution in [0.2, 0.25) is 15.1 Å². The van der Waals surface area contributed by atoms with Crippen LogP contribution in [0.4, 0.5) is 0 Å². The van der Waals surface area contributed by atoms with Crippen LogP contribution in [0.25, 0.3) is 5.69 Å². The maximum absolute atomic E-state index is 12.6. The molecule has 0 radical (unpaired) electrons. The number of carbonyl (C=O) groups is 1. The minimum Gasteiger partial charge on any atom is -0.493 e. The van der Waals surface area contributed by atoms with Gasteiger partial charge in [0.25, 0.3) is 5.91 Å². The third kappa shape index (κ3) is 2.82. The van der Waals surface area contributed by atoms with E-state index in [-0.39, 0.29) is 15.6 Å². The van der Waals surface area contributed by atoms with E-state index in [4.69, 9.17) is 34.8 Å². The fourth-order valence-electron chi connectivity index (χ4n) is 2.23. The zero-order valence-electron chi connectivity index (χ0n) is 11.9. The molecule has 1 N–H and O–H groups in total. The van der Waals surface area contributed by atoms with Gasteiger partial charge in [0.1, 0.15) is 0 Å². The predicted molar refractivity (Wildman–Crippen MR) is 92.9 cm³/mol. The first-order valence-corrected chi connectivity index (χ1v) is 7.81. The maximum atomic E-state index is 12.6. The molecule has 0 aliphatic rings. The number of rotatable bonds is 2. The van der Waals surface area contributed by atoms with E-state index in [1.54, 1.807) is 30.3 Å². The molecule has 0 atom stereocenters. The first kappa shape index (κ1) is 16.6. The van der Waals surface area contributed by atoms with Crippen molar-refractivity contribution in [2.24, 2.45) is 0 Å². The monoisotopic (exact) mass is 382 g/mol.